The summed E-state index contributed by atoms with van der Waals surface area (Å²) in [7, 11) is 0. The van der Waals surface area contributed by atoms with Crippen molar-refractivity contribution in [3.8, 4) is 5.75 Å². The van der Waals surface area contributed by atoms with E-state index >= 15 is 0 Å². The van der Waals surface area contributed by atoms with E-state index in [1.807, 2.05) is 54.0 Å². The van der Waals surface area contributed by atoms with E-state index in [-0.39, 0.29) is 5.91 Å². The zero-order valence-electron chi connectivity index (χ0n) is 14.3. The van der Waals surface area contributed by atoms with Crippen LogP contribution in [0.1, 0.15) is 35.5 Å². The van der Waals surface area contributed by atoms with E-state index in [9.17, 15) is 4.79 Å². The van der Waals surface area contributed by atoms with E-state index < -0.39 is 0 Å². The average molecular weight is 338 g/mol. The Morgan fingerprint density at radius 2 is 2.08 bits per heavy atom. The molecule has 5 nitrogen and oxygen atoms in total. The molecule has 5 heteroatoms. The smallest absolute Gasteiger partial charge is 0.268 e. The molecule has 1 fully saturated rings. The summed E-state index contributed by atoms with van der Waals surface area (Å²) in [6.07, 6.45) is 2.96. The largest absolute Gasteiger partial charge is 0.494 e. The first-order valence-electron chi connectivity index (χ1n) is 8.79. The van der Waals surface area contributed by atoms with Crippen LogP contribution in [0, 0.1) is 6.92 Å². The van der Waals surface area contributed by atoms with Gasteiger partial charge in [-0.25, -0.2) is 0 Å². The minimum absolute atomic E-state index is 0.0180. The molecule has 1 amide bonds. The molecule has 1 aliphatic rings. The van der Waals surface area contributed by atoms with Crippen LogP contribution in [-0.2, 0) is 6.54 Å². The second kappa shape index (κ2) is 6.67. The number of nitrogens with zero attached hydrogens (tertiary/aromatic N) is 1. The molecule has 0 saturated heterocycles. The van der Waals surface area contributed by atoms with Crippen molar-refractivity contribution in [2.24, 2.45) is 0 Å². The van der Waals surface area contributed by atoms with Gasteiger partial charge in [0, 0.05) is 24.7 Å². The second-order valence-electron chi connectivity index (χ2n) is 6.55. The molecule has 3 aromatic rings. The molecule has 25 heavy (non-hydrogen) atoms. The maximum Gasteiger partial charge on any atom is 0.268 e. The molecule has 0 atom stereocenters. The molecule has 4 rings (SSSR count). The number of aryl methyl sites for hydroxylation is 2. The Bertz CT molecular complexity index is 875. The summed E-state index contributed by atoms with van der Waals surface area (Å²) in [5.74, 6) is 1.70. The highest BCUT2D eigenvalue weighted by atomic mass is 16.5. The standard InChI is InChI=1S/C20H22N2O3/c1-14-12-17-19(25-14)13-18(20(23)21-15-8-9-15)22(17)10-5-11-24-16-6-3-2-4-7-16/h2-4,6-7,12-13,15H,5,8-11H2,1H3,(H,21,23). The van der Waals surface area contributed by atoms with E-state index in [0.29, 0.717) is 24.9 Å². The summed E-state index contributed by atoms with van der Waals surface area (Å²) >= 11 is 0. The van der Waals surface area contributed by atoms with E-state index in [2.05, 4.69) is 5.32 Å². The van der Waals surface area contributed by atoms with Gasteiger partial charge in [0.15, 0.2) is 5.58 Å². The Balaban J connectivity index is 1.47. The zero-order chi connectivity index (χ0) is 17.2. The maximum absolute atomic E-state index is 12.5. The number of nitrogens with one attached hydrogen (secondary N) is 1. The van der Waals surface area contributed by atoms with Gasteiger partial charge < -0.3 is 19.0 Å². The summed E-state index contributed by atoms with van der Waals surface area (Å²) < 4.78 is 13.5. The summed E-state index contributed by atoms with van der Waals surface area (Å²) in [5, 5.41) is 3.06. The number of amides is 1. The van der Waals surface area contributed by atoms with Crippen LogP contribution in [0.4, 0.5) is 0 Å². The lowest BCUT2D eigenvalue weighted by molar-refractivity contribution is 0.0941. The van der Waals surface area contributed by atoms with Crippen molar-refractivity contribution in [2.75, 3.05) is 6.61 Å². The lowest BCUT2D eigenvalue weighted by atomic mass is 10.3. The fourth-order valence-electron chi connectivity index (χ4n) is 3.01. The second-order valence-corrected chi connectivity index (χ2v) is 6.55. The number of hydrogen-bond donors (Lipinski definition) is 1. The predicted molar refractivity (Wildman–Crippen MR) is 96.0 cm³/mol. The van der Waals surface area contributed by atoms with Gasteiger partial charge in [-0.3, -0.25) is 4.79 Å². The van der Waals surface area contributed by atoms with Crippen LogP contribution in [0.25, 0.3) is 11.1 Å². The van der Waals surface area contributed by atoms with Crippen LogP contribution in [0.15, 0.2) is 46.9 Å². The Hall–Kier alpha value is -2.69. The molecule has 1 saturated carbocycles. The summed E-state index contributed by atoms with van der Waals surface area (Å²) in [6.45, 7) is 3.24. The fraction of sp³-hybridized carbons (Fsp3) is 0.350. The van der Waals surface area contributed by atoms with Crippen LogP contribution >= 0.6 is 0 Å². The van der Waals surface area contributed by atoms with Gasteiger partial charge in [-0.05, 0) is 38.3 Å². The summed E-state index contributed by atoms with van der Waals surface area (Å²) in [6, 6.07) is 13.9. The normalized spacial score (nSPS) is 14.0. The highest BCUT2D eigenvalue weighted by molar-refractivity contribution is 5.98. The molecule has 0 bridgehead atoms. The third kappa shape index (κ3) is 3.55. The molecular weight excluding hydrogens is 316 g/mol. The minimum atomic E-state index is -0.0180. The molecule has 2 aromatic heterocycles. The van der Waals surface area contributed by atoms with Gasteiger partial charge in [-0.1, -0.05) is 18.2 Å². The van der Waals surface area contributed by atoms with Gasteiger partial charge in [0.2, 0.25) is 0 Å². The third-order valence-electron chi connectivity index (χ3n) is 4.40. The van der Waals surface area contributed by atoms with Crippen molar-refractivity contribution in [3.05, 3.63) is 53.9 Å². The number of benzene rings is 1. The van der Waals surface area contributed by atoms with Crippen molar-refractivity contribution < 1.29 is 13.9 Å². The van der Waals surface area contributed by atoms with Crippen molar-refractivity contribution in [2.45, 2.75) is 38.8 Å². The van der Waals surface area contributed by atoms with Crippen LogP contribution in [0.5, 0.6) is 5.75 Å². The van der Waals surface area contributed by atoms with E-state index in [1.165, 1.54) is 0 Å². The van der Waals surface area contributed by atoms with Crippen LogP contribution in [0.2, 0.25) is 0 Å². The van der Waals surface area contributed by atoms with Crippen LogP contribution < -0.4 is 10.1 Å². The Labute approximate surface area is 146 Å². The van der Waals surface area contributed by atoms with Crippen LogP contribution in [-0.4, -0.2) is 23.1 Å². The number of carbonyl (C=O) groups is 1. The number of ether oxygens (including phenoxy) is 1. The number of carbonyl (C=O) groups excluding carboxylic acids is 1. The third-order valence-corrected chi connectivity index (χ3v) is 4.40. The monoisotopic (exact) mass is 338 g/mol. The number of furan rings is 1. The van der Waals surface area contributed by atoms with Gasteiger partial charge in [-0.15, -0.1) is 0 Å². The minimum Gasteiger partial charge on any atom is -0.494 e. The van der Waals surface area contributed by atoms with E-state index in [1.54, 1.807) is 0 Å². The van der Waals surface area contributed by atoms with E-state index in [0.717, 1.165) is 41.9 Å². The van der Waals surface area contributed by atoms with Crippen molar-refractivity contribution >= 4 is 17.0 Å². The first-order valence-corrected chi connectivity index (χ1v) is 8.79. The number of fused-ring (bicyclic) bond motifs is 1. The fourth-order valence-corrected chi connectivity index (χ4v) is 3.01. The average Bonchev–Trinajstić information content (AvgIpc) is 3.25. The molecule has 130 valence electrons. The first kappa shape index (κ1) is 15.8. The number of hydrogen-bond acceptors (Lipinski definition) is 3. The SMILES string of the molecule is Cc1cc2c(cc(C(=O)NC3CC3)n2CCCOc2ccccc2)o1. The molecule has 1 aromatic carbocycles. The van der Waals surface area contributed by atoms with Gasteiger partial charge in [0.25, 0.3) is 5.91 Å². The highest BCUT2D eigenvalue weighted by Crippen LogP contribution is 2.25. The van der Waals surface area contributed by atoms with Crippen LogP contribution in [0.3, 0.4) is 0 Å². The molecule has 0 aliphatic heterocycles. The molecule has 0 unspecified atom stereocenters. The molecular formula is C20H22N2O3. The molecule has 1 N–H and O–H groups in total. The summed E-state index contributed by atoms with van der Waals surface area (Å²) in [4.78, 5) is 12.5. The van der Waals surface area contributed by atoms with Crippen molar-refractivity contribution in [1.82, 2.24) is 9.88 Å². The molecule has 0 spiro atoms. The Morgan fingerprint density at radius 3 is 2.84 bits per heavy atom. The Morgan fingerprint density at radius 1 is 1.28 bits per heavy atom. The predicted octanol–water partition coefficient (Wildman–Crippen LogP) is 3.90. The zero-order valence-corrected chi connectivity index (χ0v) is 14.3. The molecule has 2 heterocycles. The Kier molecular flexibility index (Phi) is 4.22. The lowest BCUT2D eigenvalue weighted by Gasteiger charge is -2.11. The van der Waals surface area contributed by atoms with Crippen molar-refractivity contribution in [3.63, 3.8) is 0 Å². The number of rotatable bonds is 7. The summed E-state index contributed by atoms with van der Waals surface area (Å²) in [5.41, 5.74) is 2.40. The van der Waals surface area contributed by atoms with E-state index in [4.69, 9.17) is 9.15 Å². The van der Waals surface area contributed by atoms with Crippen molar-refractivity contribution in [1.29, 1.82) is 0 Å². The topological polar surface area (TPSA) is 56.4 Å². The van der Waals surface area contributed by atoms with Gasteiger partial charge in [0.05, 0.1) is 12.1 Å². The maximum atomic E-state index is 12.5. The molecule has 0 radical (unpaired) electrons. The number of para-hydroxylation sites is 1. The van der Waals surface area contributed by atoms with Gasteiger partial charge >= 0.3 is 0 Å². The number of aromatic nitrogens is 1. The molecule has 1 aliphatic carbocycles. The lowest BCUT2D eigenvalue weighted by Crippen LogP contribution is -2.27. The highest BCUT2D eigenvalue weighted by Gasteiger charge is 2.26. The van der Waals surface area contributed by atoms with Gasteiger partial charge in [0.1, 0.15) is 17.2 Å². The quantitative estimate of drug-likeness (QED) is 0.665. The first-order chi connectivity index (χ1) is 12.2. The van der Waals surface area contributed by atoms with Gasteiger partial charge in [-0.2, -0.15) is 0 Å².